The van der Waals surface area contributed by atoms with Gasteiger partial charge in [-0.25, -0.2) is 0 Å². The highest BCUT2D eigenvalue weighted by Gasteiger charge is 2.13. The Morgan fingerprint density at radius 1 is 1.29 bits per heavy atom. The van der Waals surface area contributed by atoms with Crippen LogP contribution in [-0.2, 0) is 6.54 Å². The molecule has 0 aliphatic heterocycles. The average Bonchev–Trinajstić information content (AvgIpc) is 3.03. The standard InChI is InChI=1S/C14H21N5OS/c1-4-8-15-12-16-13(18-14(17-12)20-3)19(5-2)10-11-7-6-9-21-11/h6-7,9H,4-5,8,10H2,1-3H3,(H,15,16,17,18). The van der Waals surface area contributed by atoms with Crippen molar-refractivity contribution in [2.45, 2.75) is 26.8 Å². The second-order valence-corrected chi connectivity index (χ2v) is 5.50. The highest BCUT2D eigenvalue weighted by molar-refractivity contribution is 7.09. The molecule has 0 atom stereocenters. The number of aromatic nitrogens is 3. The molecule has 0 radical (unpaired) electrons. The summed E-state index contributed by atoms with van der Waals surface area (Å²) in [4.78, 5) is 16.5. The molecule has 0 saturated heterocycles. The van der Waals surface area contributed by atoms with Crippen LogP contribution in [0, 0.1) is 0 Å². The van der Waals surface area contributed by atoms with Gasteiger partial charge in [0.1, 0.15) is 0 Å². The smallest absolute Gasteiger partial charge is 0.322 e. The number of thiophene rings is 1. The Morgan fingerprint density at radius 3 is 2.76 bits per heavy atom. The molecule has 0 unspecified atom stereocenters. The van der Waals surface area contributed by atoms with Crippen LogP contribution in [0.5, 0.6) is 6.01 Å². The quantitative estimate of drug-likeness (QED) is 0.809. The second kappa shape index (κ2) is 7.78. The third-order valence-electron chi connectivity index (χ3n) is 2.91. The normalized spacial score (nSPS) is 10.4. The molecule has 0 amide bonds. The van der Waals surface area contributed by atoms with Gasteiger partial charge in [0, 0.05) is 18.0 Å². The number of hydrogen-bond donors (Lipinski definition) is 1. The molecule has 6 nitrogen and oxygen atoms in total. The minimum Gasteiger partial charge on any atom is -0.467 e. The van der Waals surface area contributed by atoms with Crippen molar-refractivity contribution in [2.24, 2.45) is 0 Å². The van der Waals surface area contributed by atoms with E-state index in [0.717, 1.165) is 26.1 Å². The molecule has 21 heavy (non-hydrogen) atoms. The van der Waals surface area contributed by atoms with E-state index in [1.165, 1.54) is 4.88 Å². The van der Waals surface area contributed by atoms with E-state index in [-0.39, 0.29) is 0 Å². The molecular formula is C14H21N5OS. The molecule has 0 bridgehead atoms. The van der Waals surface area contributed by atoms with Crippen molar-refractivity contribution in [3.63, 3.8) is 0 Å². The van der Waals surface area contributed by atoms with Crippen LogP contribution in [0.25, 0.3) is 0 Å². The average molecular weight is 307 g/mol. The highest BCUT2D eigenvalue weighted by Crippen LogP contribution is 2.19. The largest absolute Gasteiger partial charge is 0.467 e. The first-order chi connectivity index (χ1) is 10.3. The Kier molecular flexibility index (Phi) is 5.74. The fourth-order valence-electron chi connectivity index (χ4n) is 1.81. The summed E-state index contributed by atoms with van der Waals surface area (Å²) >= 11 is 1.73. The van der Waals surface area contributed by atoms with Gasteiger partial charge in [-0.05, 0) is 24.8 Å². The molecule has 0 aliphatic rings. The Bertz CT molecular complexity index is 546. The third-order valence-corrected chi connectivity index (χ3v) is 3.77. The topological polar surface area (TPSA) is 63.2 Å². The molecule has 0 saturated carbocycles. The molecule has 7 heteroatoms. The maximum Gasteiger partial charge on any atom is 0.322 e. The summed E-state index contributed by atoms with van der Waals surface area (Å²) in [6.45, 7) is 6.61. The van der Waals surface area contributed by atoms with E-state index in [2.05, 4.69) is 56.5 Å². The fourth-order valence-corrected chi connectivity index (χ4v) is 2.53. The predicted octanol–water partition coefficient (Wildman–Crippen LogP) is 2.79. The van der Waals surface area contributed by atoms with Crippen molar-refractivity contribution in [1.29, 1.82) is 0 Å². The van der Waals surface area contributed by atoms with Gasteiger partial charge in [-0.2, -0.15) is 15.0 Å². The molecule has 0 fully saturated rings. The van der Waals surface area contributed by atoms with Gasteiger partial charge < -0.3 is 15.0 Å². The first kappa shape index (κ1) is 15.5. The molecule has 2 aromatic heterocycles. The summed E-state index contributed by atoms with van der Waals surface area (Å²) in [5.74, 6) is 1.19. The minimum atomic E-state index is 0.336. The van der Waals surface area contributed by atoms with Crippen molar-refractivity contribution in [3.8, 4) is 6.01 Å². The van der Waals surface area contributed by atoms with Crippen LogP contribution >= 0.6 is 11.3 Å². The summed E-state index contributed by atoms with van der Waals surface area (Å²) in [5.41, 5.74) is 0. The number of hydrogen-bond acceptors (Lipinski definition) is 7. The summed E-state index contributed by atoms with van der Waals surface area (Å²) < 4.78 is 5.18. The van der Waals surface area contributed by atoms with Crippen molar-refractivity contribution in [1.82, 2.24) is 15.0 Å². The molecular weight excluding hydrogens is 286 g/mol. The van der Waals surface area contributed by atoms with Crippen molar-refractivity contribution in [3.05, 3.63) is 22.4 Å². The molecule has 0 aromatic carbocycles. The first-order valence-electron chi connectivity index (χ1n) is 7.08. The predicted molar refractivity (Wildman–Crippen MR) is 86.2 cm³/mol. The minimum absolute atomic E-state index is 0.336. The van der Waals surface area contributed by atoms with E-state index in [1.807, 2.05) is 0 Å². The van der Waals surface area contributed by atoms with Gasteiger partial charge in [-0.15, -0.1) is 11.3 Å². The SMILES string of the molecule is CCCNc1nc(OC)nc(N(CC)Cc2cccs2)n1. The van der Waals surface area contributed by atoms with Crippen molar-refractivity contribution >= 4 is 23.2 Å². The van der Waals surface area contributed by atoms with E-state index in [9.17, 15) is 0 Å². The summed E-state index contributed by atoms with van der Waals surface area (Å²) in [6, 6.07) is 4.50. The van der Waals surface area contributed by atoms with Gasteiger partial charge in [-0.3, -0.25) is 0 Å². The fraction of sp³-hybridized carbons (Fsp3) is 0.500. The van der Waals surface area contributed by atoms with Gasteiger partial charge in [-0.1, -0.05) is 13.0 Å². The van der Waals surface area contributed by atoms with Crippen molar-refractivity contribution < 1.29 is 4.74 Å². The molecule has 0 aliphatic carbocycles. The second-order valence-electron chi connectivity index (χ2n) is 4.47. The Labute approximate surface area is 129 Å². The van der Waals surface area contributed by atoms with Crippen LogP contribution in [0.15, 0.2) is 17.5 Å². The lowest BCUT2D eigenvalue weighted by Gasteiger charge is -2.20. The van der Waals surface area contributed by atoms with E-state index in [4.69, 9.17) is 4.74 Å². The highest BCUT2D eigenvalue weighted by atomic mass is 32.1. The maximum absolute atomic E-state index is 5.18. The monoisotopic (exact) mass is 307 g/mol. The summed E-state index contributed by atoms with van der Waals surface area (Å²) in [6.07, 6.45) is 1.01. The Balaban J connectivity index is 2.22. The van der Waals surface area contributed by atoms with E-state index in [1.54, 1.807) is 18.4 Å². The zero-order valence-electron chi connectivity index (χ0n) is 12.7. The molecule has 1 N–H and O–H groups in total. The van der Waals surface area contributed by atoms with E-state index < -0.39 is 0 Å². The molecule has 2 heterocycles. The lowest BCUT2D eigenvalue weighted by molar-refractivity contribution is 0.378. The van der Waals surface area contributed by atoms with Gasteiger partial charge in [0.25, 0.3) is 0 Å². The van der Waals surface area contributed by atoms with Crippen LogP contribution in [0.1, 0.15) is 25.1 Å². The molecule has 2 aromatic rings. The van der Waals surface area contributed by atoms with Crippen LogP contribution < -0.4 is 15.0 Å². The van der Waals surface area contributed by atoms with Gasteiger partial charge in [0.2, 0.25) is 11.9 Å². The third kappa shape index (κ3) is 4.29. The number of anilines is 2. The zero-order valence-corrected chi connectivity index (χ0v) is 13.5. The van der Waals surface area contributed by atoms with Crippen LogP contribution in [-0.4, -0.2) is 35.2 Å². The molecule has 114 valence electrons. The maximum atomic E-state index is 5.18. The zero-order chi connectivity index (χ0) is 15.1. The van der Waals surface area contributed by atoms with E-state index >= 15 is 0 Å². The molecule has 2 rings (SSSR count). The van der Waals surface area contributed by atoms with E-state index in [0.29, 0.717) is 17.9 Å². The number of nitrogens with one attached hydrogen (secondary N) is 1. The van der Waals surface area contributed by atoms with Crippen molar-refractivity contribution in [2.75, 3.05) is 30.4 Å². The van der Waals surface area contributed by atoms with Gasteiger partial charge >= 0.3 is 6.01 Å². The van der Waals surface area contributed by atoms with Gasteiger partial charge in [0.05, 0.1) is 13.7 Å². The Morgan fingerprint density at radius 2 is 2.14 bits per heavy atom. The number of rotatable bonds is 8. The Hall–Kier alpha value is -1.89. The lowest BCUT2D eigenvalue weighted by Crippen LogP contribution is -2.24. The lowest BCUT2D eigenvalue weighted by atomic mass is 10.4. The van der Waals surface area contributed by atoms with Crippen LogP contribution in [0.2, 0.25) is 0 Å². The van der Waals surface area contributed by atoms with Crippen LogP contribution in [0.4, 0.5) is 11.9 Å². The van der Waals surface area contributed by atoms with Crippen LogP contribution in [0.3, 0.4) is 0 Å². The number of ether oxygens (including phenoxy) is 1. The van der Waals surface area contributed by atoms with Gasteiger partial charge in [0.15, 0.2) is 0 Å². The summed E-state index contributed by atoms with van der Waals surface area (Å²) in [7, 11) is 1.57. The number of methoxy groups -OCH3 is 1. The molecule has 0 spiro atoms. The summed E-state index contributed by atoms with van der Waals surface area (Å²) in [5, 5.41) is 5.26. The first-order valence-corrected chi connectivity index (χ1v) is 7.96. The number of nitrogens with zero attached hydrogens (tertiary/aromatic N) is 4.